The van der Waals surface area contributed by atoms with E-state index in [2.05, 4.69) is 10.6 Å². The Morgan fingerprint density at radius 1 is 0.800 bits per heavy atom. The summed E-state index contributed by atoms with van der Waals surface area (Å²) in [5.74, 6) is 1.59. The van der Waals surface area contributed by atoms with Crippen molar-refractivity contribution < 1.29 is 19.0 Å². The maximum Gasteiger partial charge on any atom is 0.251 e. The average Bonchev–Trinajstić information content (AvgIpc) is 2.78. The second-order valence-corrected chi connectivity index (χ2v) is 6.75. The van der Waals surface area contributed by atoms with Gasteiger partial charge in [0.1, 0.15) is 11.8 Å². The van der Waals surface area contributed by atoms with Gasteiger partial charge in [0.05, 0.1) is 27.0 Å². The third-order valence-electron chi connectivity index (χ3n) is 4.70. The number of rotatable bonds is 8. The van der Waals surface area contributed by atoms with Gasteiger partial charge in [0.15, 0.2) is 11.5 Å². The molecule has 30 heavy (non-hydrogen) atoms. The number of aryl methyl sites for hydroxylation is 1. The normalized spacial score (nSPS) is 11.3. The van der Waals surface area contributed by atoms with E-state index in [1.807, 2.05) is 61.5 Å². The smallest absolute Gasteiger partial charge is 0.251 e. The minimum absolute atomic E-state index is 0.208. The number of carbonyl (C=O) groups is 1. The van der Waals surface area contributed by atoms with Crippen LogP contribution in [0.25, 0.3) is 0 Å². The van der Waals surface area contributed by atoms with E-state index in [4.69, 9.17) is 14.2 Å². The van der Waals surface area contributed by atoms with Crippen LogP contribution in [0.5, 0.6) is 17.2 Å². The minimum Gasteiger partial charge on any atom is -0.495 e. The Bertz CT molecular complexity index is 1010. The summed E-state index contributed by atoms with van der Waals surface area (Å²) in [6.45, 7) is 1.96. The van der Waals surface area contributed by atoms with Gasteiger partial charge in [0.2, 0.25) is 0 Å². The van der Waals surface area contributed by atoms with E-state index >= 15 is 0 Å². The molecule has 3 aromatic rings. The van der Waals surface area contributed by atoms with Gasteiger partial charge in [0, 0.05) is 11.8 Å². The maximum absolute atomic E-state index is 13.3. The van der Waals surface area contributed by atoms with E-state index in [9.17, 15) is 4.79 Å². The molecule has 0 aliphatic carbocycles. The molecule has 156 valence electrons. The molecule has 2 N–H and O–H groups in total. The Labute approximate surface area is 176 Å². The maximum atomic E-state index is 13.3. The van der Waals surface area contributed by atoms with Crippen LogP contribution in [-0.4, -0.2) is 27.2 Å². The fourth-order valence-electron chi connectivity index (χ4n) is 3.16. The number of nitrogens with one attached hydrogen (secondary N) is 2. The lowest BCUT2D eigenvalue weighted by Gasteiger charge is -2.21. The van der Waals surface area contributed by atoms with Crippen molar-refractivity contribution in [3.8, 4) is 17.2 Å². The number of carbonyl (C=O) groups excluding carboxylic acids is 1. The van der Waals surface area contributed by atoms with Crippen LogP contribution in [0.3, 0.4) is 0 Å². The van der Waals surface area contributed by atoms with E-state index in [1.54, 1.807) is 33.5 Å². The Hall–Kier alpha value is -3.67. The summed E-state index contributed by atoms with van der Waals surface area (Å²) >= 11 is 0. The van der Waals surface area contributed by atoms with Gasteiger partial charge in [-0.1, -0.05) is 36.4 Å². The predicted molar refractivity (Wildman–Crippen MR) is 119 cm³/mol. The molecule has 0 aromatic heterocycles. The number of benzene rings is 3. The second kappa shape index (κ2) is 9.69. The van der Waals surface area contributed by atoms with E-state index < -0.39 is 6.04 Å². The highest BCUT2D eigenvalue weighted by Crippen LogP contribution is 2.32. The van der Waals surface area contributed by atoms with Crippen LogP contribution < -0.4 is 24.8 Å². The van der Waals surface area contributed by atoms with Gasteiger partial charge in [0.25, 0.3) is 5.91 Å². The van der Waals surface area contributed by atoms with Gasteiger partial charge < -0.3 is 24.8 Å². The predicted octanol–water partition coefficient (Wildman–Crippen LogP) is 4.81. The number of hydrogen-bond acceptors (Lipinski definition) is 5. The molecule has 0 aliphatic rings. The van der Waals surface area contributed by atoms with Gasteiger partial charge in [-0.05, 0) is 42.3 Å². The third-order valence-corrected chi connectivity index (χ3v) is 4.70. The fourth-order valence-corrected chi connectivity index (χ4v) is 3.16. The topological polar surface area (TPSA) is 68.8 Å². The summed E-state index contributed by atoms with van der Waals surface area (Å²) in [7, 11) is 4.74. The Morgan fingerprint density at radius 2 is 1.47 bits per heavy atom. The van der Waals surface area contributed by atoms with Crippen LogP contribution >= 0.6 is 0 Å². The number of ether oxygens (including phenoxy) is 3. The molecular formula is C24H26N2O4. The van der Waals surface area contributed by atoms with Gasteiger partial charge >= 0.3 is 0 Å². The molecule has 0 fully saturated rings. The highest BCUT2D eigenvalue weighted by Gasteiger charge is 2.22. The molecule has 1 amide bonds. The van der Waals surface area contributed by atoms with Crippen LogP contribution in [0.4, 0.5) is 11.4 Å². The molecule has 6 heteroatoms. The monoisotopic (exact) mass is 406 g/mol. The van der Waals surface area contributed by atoms with Gasteiger partial charge in [-0.3, -0.25) is 4.79 Å². The summed E-state index contributed by atoms with van der Waals surface area (Å²) in [5.41, 5.74) is 3.21. The average molecular weight is 406 g/mol. The molecule has 6 nitrogen and oxygen atoms in total. The van der Waals surface area contributed by atoms with Crippen molar-refractivity contribution in [2.24, 2.45) is 0 Å². The largest absolute Gasteiger partial charge is 0.495 e. The molecule has 0 saturated carbocycles. The quantitative estimate of drug-likeness (QED) is 0.562. The number of methoxy groups -OCH3 is 3. The minimum atomic E-state index is -0.630. The molecule has 0 unspecified atom stereocenters. The van der Waals surface area contributed by atoms with Crippen molar-refractivity contribution >= 4 is 17.3 Å². The molecule has 0 heterocycles. The SMILES string of the molecule is COc1ccc(C)cc1NC(=O)[C@@H](Nc1ccc(OC)c(OC)c1)c1ccccc1. The molecule has 0 radical (unpaired) electrons. The first kappa shape index (κ1) is 21.0. The van der Waals surface area contributed by atoms with E-state index in [-0.39, 0.29) is 5.91 Å². The summed E-state index contributed by atoms with van der Waals surface area (Å²) < 4.78 is 16.1. The lowest BCUT2D eigenvalue weighted by atomic mass is 10.1. The molecule has 3 aromatic carbocycles. The summed E-state index contributed by atoms with van der Waals surface area (Å²) in [6.07, 6.45) is 0. The van der Waals surface area contributed by atoms with Gasteiger partial charge in [-0.25, -0.2) is 0 Å². The molecule has 0 aliphatic heterocycles. The van der Waals surface area contributed by atoms with Crippen molar-refractivity contribution in [1.82, 2.24) is 0 Å². The molecule has 0 saturated heterocycles. The Balaban J connectivity index is 1.92. The van der Waals surface area contributed by atoms with Crippen LogP contribution in [0.2, 0.25) is 0 Å². The molecule has 3 rings (SSSR count). The van der Waals surface area contributed by atoms with Crippen LogP contribution in [-0.2, 0) is 4.79 Å². The van der Waals surface area contributed by atoms with Gasteiger partial charge in [-0.15, -0.1) is 0 Å². The van der Waals surface area contributed by atoms with Gasteiger partial charge in [-0.2, -0.15) is 0 Å². The molecule has 0 bridgehead atoms. The van der Waals surface area contributed by atoms with E-state index in [0.717, 1.165) is 16.8 Å². The van der Waals surface area contributed by atoms with Crippen molar-refractivity contribution in [3.05, 3.63) is 77.9 Å². The summed E-state index contributed by atoms with van der Waals surface area (Å²) in [4.78, 5) is 13.3. The first-order chi connectivity index (χ1) is 14.5. The Kier molecular flexibility index (Phi) is 6.80. The highest BCUT2D eigenvalue weighted by atomic mass is 16.5. The van der Waals surface area contributed by atoms with Crippen LogP contribution in [0.15, 0.2) is 66.7 Å². The first-order valence-corrected chi connectivity index (χ1v) is 9.54. The molecular weight excluding hydrogens is 380 g/mol. The summed E-state index contributed by atoms with van der Waals surface area (Å²) in [6, 6.07) is 20.0. The van der Waals surface area contributed by atoms with Crippen LogP contribution in [0.1, 0.15) is 17.2 Å². The van der Waals surface area contributed by atoms with E-state index in [1.165, 1.54) is 0 Å². The van der Waals surface area contributed by atoms with Crippen molar-refractivity contribution in [2.45, 2.75) is 13.0 Å². The van der Waals surface area contributed by atoms with Crippen molar-refractivity contribution in [1.29, 1.82) is 0 Å². The lowest BCUT2D eigenvalue weighted by molar-refractivity contribution is -0.117. The third kappa shape index (κ3) is 4.84. The fraction of sp³-hybridized carbons (Fsp3) is 0.208. The van der Waals surface area contributed by atoms with Crippen LogP contribution in [0, 0.1) is 6.92 Å². The van der Waals surface area contributed by atoms with Crippen molar-refractivity contribution in [3.63, 3.8) is 0 Å². The Morgan fingerprint density at radius 3 is 2.13 bits per heavy atom. The lowest BCUT2D eigenvalue weighted by Crippen LogP contribution is -2.27. The number of anilines is 2. The number of hydrogen-bond donors (Lipinski definition) is 2. The number of amides is 1. The van der Waals surface area contributed by atoms with E-state index in [0.29, 0.717) is 22.9 Å². The second-order valence-electron chi connectivity index (χ2n) is 6.75. The molecule has 0 spiro atoms. The zero-order valence-corrected chi connectivity index (χ0v) is 17.6. The molecule has 1 atom stereocenters. The standard InChI is InChI=1S/C24H26N2O4/c1-16-10-12-20(28-2)19(14-16)26-24(27)23(17-8-6-5-7-9-17)25-18-11-13-21(29-3)22(15-18)30-4/h5-15,23,25H,1-4H3,(H,26,27)/t23-/m0/s1. The summed E-state index contributed by atoms with van der Waals surface area (Å²) in [5, 5.41) is 6.29. The zero-order chi connectivity index (χ0) is 21.5. The van der Waals surface area contributed by atoms with Crippen molar-refractivity contribution in [2.75, 3.05) is 32.0 Å². The zero-order valence-electron chi connectivity index (χ0n) is 17.6. The first-order valence-electron chi connectivity index (χ1n) is 9.54. The highest BCUT2D eigenvalue weighted by molar-refractivity contribution is 5.98.